The van der Waals surface area contributed by atoms with Gasteiger partial charge in [0.2, 0.25) is 0 Å². The van der Waals surface area contributed by atoms with E-state index in [2.05, 4.69) is 24.2 Å². The lowest BCUT2D eigenvalue weighted by Gasteiger charge is -2.15. The maximum atomic E-state index is 5.92. The van der Waals surface area contributed by atoms with Crippen molar-refractivity contribution in [1.82, 2.24) is 5.32 Å². The van der Waals surface area contributed by atoms with Crippen molar-refractivity contribution in [2.24, 2.45) is 0 Å². The number of hydrogen-bond acceptors (Lipinski definition) is 2. The van der Waals surface area contributed by atoms with E-state index in [0.29, 0.717) is 6.04 Å². The molecule has 1 nitrogen and oxygen atoms in total. The first-order valence-electron chi connectivity index (χ1n) is 5.20. The summed E-state index contributed by atoms with van der Waals surface area (Å²) in [5.74, 6) is 2.67. The largest absolute Gasteiger partial charge is 0.310 e. The second kappa shape index (κ2) is 6.90. The number of terminal acetylenes is 1. The van der Waals surface area contributed by atoms with Gasteiger partial charge in [0.15, 0.2) is 0 Å². The van der Waals surface area contributed by atoms with E-state index in [1.165, 1.54) is 4.88 Å². The molecule has 1 aromatic heterocycles. The van der Waals surface area contributed by atoms with Crippen LogP contribution in [0.2, 0.25) is 4.34 Å². The molecule has 0 saturated heterocycles. The molecule has 1 heterocycles. The van der Waals surface area contributed by atoms with Crippen LogP contribution in [0, 0.1) is 12.3 Å². The van der Waals surface area contributed by atoms with Gasteiger partial charge < -0.3 is 5.32 Å². The van der Waals surface area contributed by atoms with E-state index in [9.17, 15) is 0 Å². The molecule has 1 aromatic rings. The summed E-state index contributed by atoms with van der Waals surface area (Å²) in [6.45, 7) is 3.08. The summed E-state index contributed by atoms with van der Waals surface area (Å²) >= 11 is 7.57. The van der Waals surface area contributed by atoms with Gasteiger partial charge in [0.25, 0.3) is 0 Å². The highest BCUT2D eigenvalue weighted by atomic mass is 35.5. The molecule has 0 aromatic carbocycles. The van der Waals surface area contributed by atoms with Crippen molar-refractivity contribution in [2.45, 2.75) is 32.2 Å². The SMILES string of the molecule is C#CCCCC(NCC)c1ccc(Cl)s1. The smallest absolute Gasteiger partial charge is 0.0931 e. The first kappa shape index (κ1) is 12.6. The Morgan fingerprint density at radius 2 is 2.40 bits per heavy atom. The van der Waals surface area contributed by atoms with E-state index in [0.717, 1.165) is 30.1 Å². The van der Waals surface area contributed by atoms with Crippen LogP contribution in [-0.4, -0.2) is 6.54 Å². The molecule has 0 aliphatic heterocycles. The van der Waals surface area contributed by atoms with Crippen LogP contribution in [0.3, 0.4) is 0 Å². The minimum absolute atomic E-state index is 0.404. The van der Waals surface area contributed by atoms with Gasteiger partial charge in [0, 0.05) is 17.3 Å². The molecular formula is C12H16ClNS. The summed E-state index contributed by atoms with van der Waals surface area (Å²) in [6.07, 6.45) is 8.23. The Bertz CT molecular complexity index is 327. The highest BCUT2D eigenvalue weighted by Gasteiger charge is 2.11. The molecule has 0 amide bonds. The maximum absolute atomic E-state index is 5.92. The second-order valence-corrected chi connectivity index (χ2v) is 5.10. The first-order chi connectivity index (χ1) is 7.27. The van der Waals surface area contributed by atoms with Gasteiger partial charge in [-0.15, -0.1) is 23.7 Å². The van der Waals surface area contributed by atoms with E-state index in [4.69, 9.17) is 18.0 Å². The summed E-state index contributed by atoms with van der Waals surface area (Å²) in [7, 11) is 0. The van der Waals surface area contributed by atoms with E-state index in [-0.39, 0.29) is 0 Å². The average molecular weight is 242 g/mol. The predicted molar refractivity (Wildman–Crippen MR) is 68.4 cm³/mol. The van der Waals surface area contributed by atoms with Crippen LogP contribution >= 0.6 is 22.9 Å². The average Bonchev–Trinajstić information content (AvgIpc) is 2.64. The molecule has 1 N–H and O–H groups in total. The molecule has 0 aliphatic rings. The van der Waals surface area contributed by atoms with Gasteiger partial charge in [0.1, 0.15) is 0 Å². The first-order valence-corrected chi connectivity index (χ1v) is 6.39. The Labute approximate surface area is 101 Å². The van der Waals surface area contributed by atoms with Gasteiger partial charge in [-0.25, -0.2) is 0 Å². The second-order valence-electron chi connectivity index (χ2n) is 3.35. The minimum Gasteiger partial charge on any atom is -0.310 e. The number of nitrogens with one attached hydrogen (secondary N) is 1. The van der Waals surface area contributed by atoms with E-state index in [1.54, 1.807) is 11.3 Å². The molecule has 3 heteroatoms. The van der Waals surface area contributed by atoms with Crippen molar-refractivity contribution >= 4 is 22.9 Å². The summed E-state index contributed by atoms with van der Waals surface area (Å²) in [4.78, 5) is 1.30. The molecule has 0 radical (unpaired) electrons. The minimum atomic E-state index is 0.404. The molecule has 15 heavy (non-hydrogen) atoms. The predicted octanol–water partition coefficient (Wildman–Crippen LogP) is 3.86. The lowest BCUT2D eigenvalue weighted by atomic mass is 10.1. The monoisotopic (exact) mass is 241 g/mol. The van der Waals surface area contributed by atoms with Crippen LogP contribution in [0.25, 0.3) is 0 Å². The number of unbranched alkanes of at least 4 members (excludes halogenated alkanes) is 1. The Morgan fingerprint density at radius 1 is 1.60 bits per heavy atom. The molecule has 1 atom stereocenters. The lowest BCUT2D eigenvalue weighted by Crippen LogP contribution is -2.19. The van der Waals surface area contributed by atoms with Crippen molar-refractivity contribution in [1.29, 1.82) is 0 Å². The molecule has 0 aliphatic carbocycles. The Kier molecular flexibility index (Phi) is 5.78. The van der Waals surface area contributed by atoms with Gasteiger partial charge in [-0.1, -0.05) is 18.5 Å². The fourth-order valence-corrected chi connectivity index (χ4v) is 2.69. The van der Waals surface area contributed by atoms with Crippen molar-refractivity contribution < 1.29 is 0 Å². The standard InChI is InChI=1S/C12H16ClNS/c1-3-5-6-7-10(14-4-2)11-8-9-12(13)15-11/h1,8-10,14H,4-7H2,2H3. The molecular weight excluding hydrogens is 226 g/mol. The van der Waals surface area contributed by atoms with E-state index < -0.39 is 0 Å². The Balaban J connectivity index is 2.54. The molecule has 0 spiro atoms. The molecule has 1 unspecified atom stereocenters. The molecule has 1 rings (SSSR count). The zero-order valence-electron chi connectivity index (χ0n) is 8.92. The van der Waals surface area contributed by atoms with Crippen LogP contribution in [0.5, 0.6) is 0 Å². The highest BCUT2D eigenvalue weighted by molar-refractivity contribution is 7.16. The van der Waals surface area contributed by atoms with E-state index >= 15 is 0 Å². The van der Waals surface area contributed by atoms with Crippen LogP contribution in [0.15, 0.2) is 12.1 Å². The molecule has 0 fully saturated rings. The van der Waals surface area contributed by atoms with Crippen LogP contribution in [0.4, 0.5) is 0 Å². The topological polar surface area (TPSA) is 12.0 Å². The van der Waals surface area contributed by atoms with Gasteiger partial charge >= 0.3 is 0 Å². The quantitative estimate of drug-likeness (QED) is 0.589. The van der Waals surface area contributed by atoms with Crippen molar-refractivity contribution in [3.63, 3.8) is 0 Å². The van der Waals surface area contributed by atoms with Gasteiger partial charge in [0.05, 0.1) is 4.34 Å². The highest BCUT2D eigenvalue weighted by Crippen LogP contribution is 2.29. The molecule has 0 bridgehead atoms. The lowest BCUT2D eigenvalue weighted by molar-refractivity contribution is 0.509. The summed E-state index contributed by atoms with van der Waals surface area (Å²) in [5.41, 5.74) is 0. The van der Waals surface area contributed by atoms with Crippen LogP contribution in [-0.2, 0) is 0 Å². The Hall–Kier alpha value is -0.490. The van der Waals surface area contributed by atoms with Crippen LogP contribution < -0.4 is 5.32 Å². The van der Waals surface area contributed by atoms with Gasteiger partial charge in [-0.05, 0) is 31.5 Å². The fourth-order valence-electron chi connectivity index (χ4n) is 1.52. The number of rotatable bonds is 6. The zero-order chi connectivity index (χ0) is 11.1. The van der Waals surface area contributed by atoms with Gasteiger partial charge in [-0.2, -0.15) is 0 Å². The third-order valence-corrected chi connectivity index (χ3v) is 3.55. The summed E-state index contributed by atoms with van der Waals surface area (Å²) in [6, 6.07) is 4.45. The van der Waals surface area contributed by atoms with Crippen molar-refractivity contribution in [2.75, 3.05) is 6.54 Å². The summed E-state index contributed by atoms with van der Waals surface area (Å²) < 4.78 is 0.852. The third kappa shape index (κ3) is 4.25. The number of thiophene rings is 1. The third-order valence-electron chi connectivity index (χ3n) is 2.20. The summed E-state index contributed by atoms with van der Waals surface area (Å²) in [5, 5.41) is 3.45. The van der Waals surface area contributed by atoms with Crippen molar-refractivity contribution in [3.05, 3.63) is 21.3 Å². The van der Waals surface area contributed by atoms with Crippen molar-refractivity contribution in [3.8, 4) is 12.3 Å². The fraction of sp³-hybridized carbons (Fsp3) is 0.500. The normalized spacial score (nSPS) is 12.3. The van der Waals surface area contributed by atoms with Gasteiger partial charge in [-0.3, -0.25) is 0 Å². The Morgan fingerprint density at radius 3 is 2.93 bits per heavy atom. The maximum Gasteiger partial charge on any atom is 0.0931 e. The van der Waals surface area contributed by atoms with E-state index in [1.807, 2.05) is 6.07 Å². The zero-order valence-corrected chi connectivity index (χ0v) is 10.5. The number of hydrogen-bond donors (Lipinski definition) is 1. The van der Waals surface area contributed by atoms with Crippen LogP contribution in [0.1, 0.15) is 37.1 Å². The molecule has 0 saturated carbocycles. The number of halogens is 1. The molecule has 82 valence electrons.